The zero-order valence-corrected chi connectivity index (χ0v) is 13.4. The molecule has 0 N–H and O–H groups in total. The summed E-state index contributed by atoms with van der Waals surface area (Å²) >= 11 is 0. The van der Waals surface area contributed by atoms with Gasteiger partial charge in [0.2, 0.25) is 0 Å². The van der Waals surface area contributed by atoms with Gasteiger partial charge in [0, 0.05) is 25.5 Å². The van der Waals surface area contributed by atoms with Crippen molar-refractivity contribution in [1.29, 1.82) is 0 Å². The maximum Gasteiger partial charge on any atom is 0.418 e. The Balaban J connectivity index is 2.45. The van der Waals surface area contributed by atoms with E-state index in [0.717, 1.165) is 11.8 Å². The van der Waals surface area contributed by atoms with Crippen LogP contribution in [0.15, 0.2) is 53.4 Å². The van der Waals surface area contributed by atoms with Crippen molar-refractivity contribution in [3.05, 3.63) is 59.7 Å². The zero-order valence-electron chi connectivity index (χ0n) is 12.6. The van der Waals surface area contributed by atoms with E-state index in [0.29, 0.717) is 6.07 Å². The quantitative estimate of drug-likeness (QED) is 0.849. The Morgan fingerprint density at radius 2 is 1.65 bits per heavy atom. The van der Waals surface area contributed by atoms with Gasteiger partial charge in [-0.3, -0.25) is 0 Å². The molecule has 2 aromatic rings. The summed E-state index contributed by atoms with van der Waals surface area (Å²) in [5.41, 5.74) is -0.164. The van der Waals surface area contributed by atoms with Crippen molar-refractivity contribution in [3.8, 4) is 0 Å². The SMILES string of the molecule is CN(Cc1ccccc1)c1ccc(S(C)(=O)=O)cc1C(F)(F)F. The fraction of sp³-hybridized carbons (Fsp3) is 0.250. The van der Waals surface area contributed by atoms with Crippen molar-refractivity contribution < 1.29 is 21.6 Å². The van der Waals surface area contributed by atoms with E-state index in [1.54, 1.807) is 12.1 Å². The summed E-state index contributed by atoms with van der Waals surface area (Å²) in [5.74, 6) is 0. The Kier molecular flexibility index (Phi) is 4.70. The molecule has 0 saturated heterocycles. The second-order valence-corrected chi connectivity index (χ2v) is 7.31. The Labute approximate surface area is 133 Å². The van der Waals surface area contributed by atoms with Crippen LogP contribution in [-0.4, -0.2) is 21.7 Å². The fourth-order valence-electron chi connectivity index (χ4n) is 2.25. The van der Waals surface area contributed by atoms with E-state index in [9.17, 15) is 21.6 Å². The van der Waals surface area contributed by atoms with Crippen molar-refractivity contribution in [3.63, 3.8) is 0 Å². The molecule has 0 aliphatic rings. The molecular formula is C16H16F3NO2S. The van der Waals surface area contributed by atoms with Crippen LogP contribution in [0.1, 0.15) is 11.1 Å². The lowest BCUT2D eigenvalue weighted by Gasteiger charge is -2.24. The summed E-state index contributed by atoms with van der Waals surface area (Å²) in [4.78, 5) is 1.10. The summed E-state index contributed by atoms with van der Waals surface area (Å²) in [6, 6.07) is 12.1. The molecule has 0 amide bonds. The predicted molar refractivity (Wildman–Crippen MR) is 83.1 cm³/mol. The van der Waals surface area contributed by atoms with Gasteiger partial charge in [0.25, 0.3) is 0 Å². The minimum Gasteiger partial charge on any atom is -0.370 e. The van der Waals surface area contributed by atoms with Gasteiger partial charge in [0.05, 0.1) is 10.5 Å². The Bertz CT molecular complexity index is 787. The van der Waals surface area contributed by atoms with Crippen LogP contribution in [0.5, 0.6) is 0 Å². The molecular weight excluding hydrogens is 327 g/mol. The average molecular weight is 343 g/mol. The standard InChI is InChI=1S/C16H16F3NO2S/c1-20(11-12-6-4-3-5-7-12)15-9-8-13(23(2,21)22)10-14(15)16(17,18)19/h3-10H,11H2,1-2H3. The van der Waals surface area contributed by atoms with E-state index in [4.69, 9.17) is 0 Å². The van der Waals surface area contributed by atoms with Gasteiger partial charge in [-0.15, -0.1) is 0 Å². The molecule has 0 fully saturated rings. The highest BCUT2D eigenvalue weighted by Gasteiger charge is 2.35. The minimum absolute atomic E-state index is 0.0613. The van der Waals surface area contributed by atoms with E-state index in [1.165, 1.54) is 24.1 Å². The van der Waals surface area contributed by atoms with E-state index in [-0.39, 0.29) is 17.1 Å². The first-order valence-corrected chi connectivity index (χ1v) is 8.64. The van der Waals surface area contributed by atoms with E-state index in [2.05, 4.69) is 0 Å². The van der Waals surface area contributed by atoms with E-state index < -0.39 is 21.6 Å². The molecule has 0 saturated carbocycles. The van der Waals surface area contributed by atoms with Crippen LogP contribution in [0.25, 0.3) is 0 Å². The molecule has 23 heavy (non-hydrogen) atoms. The largest absolute Gasteiger partial charge is 0.418 e. The molecule has 3 nitrogen and oxygen atoms in total. The molecule has 0 aromatic heterocycles. The molecule has 0 spiro atoms. The number of anilines is 1. The van der Waals surface area contributed by atoms with Crippen molar-refractivity contribution in [2.75, 3.05) is 18.2 Å². The third kappa shape index (κ3) is 4.25. The number of nitrogens with zero attached hydrogens (tertiary/aromatic N) is 1. The fourth-order valence-corrected chi connectivity index (χ4v) is 2.90. The van der Waals surface area contributed by atoms with Crippen LogP contribution in [-0.2, 0) is 22.6 Å². The number of hydrogen-bond donors (Lipinski definition) is 0. The lowest BCUT2D eigenvalue weighted by molar-refractivity contribution is -0.137. The molecule has 0 aliphatic heterocycles. The molecule has 0 atom stereocenters. The lowest BCUT2D eigenvalue weighted by Crippen LogP contribution is -2.21. The molecule has 0 heterocycles. The highest BCUT2D eigenvalue weighted by molar-refractivity contribution is 7.90. The topological polar surface area (TPSA) is 37.4 Å². The third-order valence-electron chi connectivity index (χ3n) is 3.38. The summed E-state index contributed by atoms with van der Waals surface area (Å²) in [7, 11) is -2.17. The summed E-state index contributed by atoms with van der Waals surface area (Å²) in [6.45, 7) is 0.280. The molecule has 7 heteroatoms. The third-order valence-corrected chi connectivity index (χ3v) is 4.49. The Morgan fingerprint density at radius 3 is 2.17 bits per heavy atom. The minimum atomic E-state index is -4.64. The summed E-state index contributed by atoms with van der Waals surface area (Å²) in [6.07, 6.45) is -3.75. The van der Waals surface area contributed by atoms with Gasteiger partial charge in [-0.05, 0) is 23.8 Å². The molecule has 2 aromatic carbocycles. The van der Waals surface area contributed by atoms with Gasteiger partial charge >= 0.3 is 6.18 Å². The molecule has 0 bridgehead atoms. The van der Waals surface area contributed by atoms with Gasteiger partial charge in [-0.2, -0.15) is 13.2 Å². The number of rotatable bonds is 4. The maximum atomic E-state index is 13.3. The first-order chi connectivity index (χ1) is 10.6. The lowest BCUT2D eigenvalue weighted by atomic mass is 10.1. The van der Waals surface area contributed by atoms with Gasteiger partial charge in [-0.25, -0.2) is 8.42 Å². The smallest absolute Gasteiger partial charge is 0.370 e. The van der Waals surface area contributed by atoms with Crippen LogP contribution in [0.4, 0.5) is 18.9 Å². The summed E-state index contributed by atoms with van der Waals surface area (Å²) < 4.78 is 62.9. The van der Waals surface area contributed by atoms with Crippen molar-refractivity contribution in [2.45, 2.75) is 17.6 Å². The zero-order chi connectivity index (χ0) is 17.3. The number of sulfone groups is 1. The van der Waals surface area contributed by atoms with Crippen LogP contribution in [0, 0.1) is 0 Å². The molecule has 0 unspecified atom stereocenters. The van der Waals surface area contributed by atoms with Crippen molar-refractivity contribution >= 4 is 15.5 Å². The maximum absolute atomic E-state index is 13.3. The highest BCUT2D eigenvalue weighted by Crippen LogP contribution is 2.38. The van der Waals surface area contributed by atoms with Crippen molar-refractivity contribution in [1.82, 2.24) is 0 Å². The number of alkyl halides is 3. The van der Waals surface area contributed by atoms with E-state index in [1.807, 2.05) is 18.2 Å². The molecule has 2 rings (SSSR count). The van der Waals surface area contributed by atoms with Crippen LogP contribution < -0.4 is 4.90 Å². The first kappa shape index (κ1) is 17.3. The van der Waals surface area contributed by atoms with Crippen LogP contribution in [0.2, 0.25) is 0 Å². The average Bonchev–Trinajstić information content (AvgIpc) is 2.46. The number of hydrogen-bond acceptors (Lipinski definition) is 3. The molecule has 0 aliphatic carbocycles. The molecule has 0 radical (unpaired) electrons. The predicted octanol–water partition coefficient (Wildman–Crippen LogP) is 3.75. The monoisotopic (exact) mass is 343 g/mol. The highest BCUT2D eigenvalue weighted by atomic mass is 32.2. The normalized spacial score (nSPS) is 12.2. The molecule has 124 valence electrons. The number of benzene rings is 2. The van der Waals surface area contributed by atoms with Gasteiger partial charge in [0.15, 0.2) is 9.84 Å². The number of halogens is 3. The second kappa shape index (κ2) is 6.23. The van der Waals surface area contributed by atoms with Gasteiger partial charge in [0.1, 0.15) is 0 Å². The van der Waals surface area contributed by atoms with Crippen LogP contribution in [0.3, 0.4) is 0 Å². The second-order valence-electron chi connectivity index (χ2n) is 5.29. The van der Waals surface area contributed by atoms with E-state index >= 15 is 0 Å². The van der Waals surface area contributed by atoms with Gasteiger partial charge < -0.3 is 4.90 Å². The van der Waals surface area contributed by atoms with Crippen LogP contribution >= 0.6 is 0 Å². The Morgan fingerprint density at radius 1 is 1.04 bits per heavy atom. The van der Waals surface area contributed by atoms with Crippen molar-refractivity contribution in [2.24, 2.45) is 0 Å². The Hall–Kier alpha value is -2.02. The summed E-state index contributed by atoms with van der Waals surface area (Å²) in [5, 5.41) is 0. The van der Waals surface area contributed by atoms with Gasteiger partial charge in [-0.1, -0.05) is 30.3 Å². The first-order valence-electron chi connectivity index (χ1n) is 6.75.